The summed E-state index contributed by atoms with van der Waals surface area (Å²) in [4.78, 5) is 0. The van der Waals surface area contributed by atoms with Crippen molar-refractivity contribution in [2.45, 2.75) is 18.4 Å². The average Bonchev–Trinajstić information content (AvgIpc) is 2.17. The van der Waals surface area contributed by atoms with Gasteiger partial charge in [-0.1, -0.05) is 40.2 Å². The van der Waals surface area contributed by atoms with Gasteiger partial charge in [0.15, 0.2) is 0 Å². The Hall–Kier alpha value is -0.340. The first-order valence-electron chi connectivity index (χ1n) is 3.95. The lowest BCUT2D eigenvalue weighted by Gasteiger charge is -2.09. The van der Waals surface area contributed by atoms with Gasteiger partial charge in [0.2, 0.25) is 0 Å². The zero-order valence-corrected chi connectivity index (χ0v) is 8.97. The molecule has 0 aromatic heterocycles. The van der Waals surface area contributed by atoms with Crippen LogP contribution in [0.3, 0.4) is 0 Å². The summed E-state index contributed by atoms with van der Waals surface area (Å²) in [5.41, 5.74) is 2.52. The van der Waals surface area contributed by atoms with Crippen LogP contribution in [0.1, 0.15) is 24.2 Å². The third kappa shape index (κ3) is 2.32. The third-order valence-corrected chi connectivity index (χ3v) is 2.60. The van der Waals surface area contributed by atoms with Crippen molar-refractivity contribution in [3.63, 3.8) is 0 Å². The Morgan fingerprint density at radius 1 is 1.33 bits per heavy atom. The van der Waals surface area contributed by atoms with E-state index in [1.54, 1.807) is 7.11 Å². The Labute approximate surface area is 81.9 Å². The summed E-state index contributed by atoms with van der Waals surface area (Å²) in [5.74, 6) is 0. The summed E-state index contributed by atoms with van der Waals surface area (Å²) >= 11 is 3.40. The molecule has 0 aliphatic rings. The molecule has 0 bridgehead atoms. The SMILES string of the molecule is COC(C)c1ccc(CBr)cc1. The van der Waals surface area contributed by atoms with Crippen molar-refractivity contribution in [3.05, 3.63) is 35.4 Å². The van der Waals surface area contributed by atoms with E-state index in [2.05, 4.69) is 40.2 Å². The molecule has 66 valence electrons. The Morgan fingerprint density at radius 3 is 2.33 bits per heavy atom. The summed E-state index contributed by atoms with van der Waals surface area (Å²) in [6.07, 6.45) is 0.189. The normalized spacial score (nSPS) is 12.9. The molecule has 1 nitrogen and oxygen atoms in total. The minimum Gasteiger partial charge on any atom is -0.377 e. The summed E-state index contributed by atoms with van der Waals surface area (Å²) in [6, 6.07) is 8.43. The van der Waals surface area contributed by atoms with Crippen LogP contribution in [0.25, 0.3) is 0 Å². The van der Waals surface area contributed by atoms with Gasteiger partial charge in [0.1, 0.15) is 0 Å². The van der Waals surface area contributed by atoms with Crippen LogP contribution in [0.15, 0.2) is 24.3 Å². The molecule has 0 radical (unpaired) electrons. The molecule has 0 heterocycles. The monoisotopic (exact) mass is 228 g/mol. The fraction of sp³-hybridized carbons (Fsp3) is 0.400. The van der Waals surface area contributed by atoms with Crippen molar-refractivity contribution in [1.29, 1.82) is 0 Å². The lowest BCUT2D eigenvalue weighted by atomic mass is 10.1. The fourth-order valence-electron chi connectivity index (χ4n) is 1.01. The minimum atomic E-state index is 0.189. The average molecular weight is 229 g/mol. The topological polar surface area (TPSA) is 9.23 Å². The highest BCUT2D eigenvalue weighted by atomic mass is 79.9. The molecule has 0 saturated carbocycles. The molecule has 0 saturated heterocycles. The van der Waals surface area contributed by atoms with Crippen LogP contribution in [-0.4, -0.2) is 7.11 Å². The van der Waals surface area contributed by atoms with Gasteiger partial charge in [-0.2, -0.15) is 0 Å². The van der Waals surface area contributed by atoms with Crippen LogP contribution >= 0.6 is 15.9 Å². The molecule has 1 atom stereocenters. The smallest absolute Gasteiger partial charge is 0.0793 e. The van der Waals surface area contributed by atoms with Gasteiger partial charge < -0.3 is 4.74 Å². The zero-order chi connectivity index (χ0) is 8.97. The number of benzene rings is 1. The van der Waals surface area contributed by atoms with Crippen LogP contribution in [0.5, 0.6) is 0 Å². The van der Waals surface area contributed by atoms with E-state index < -0.39 is 0 Å². The summed E-state index contributed by atoms with van der Waals surface area (Å²) in [6.45, 7) is 2.04. The Morgan fingerprint density at radius 2 is 1.92 bits per heavy atom. The van der Waals surface area contributed by atoms with Crippen LogP contribution in [0.2, 0.25) is 0 Å². The number of alkyl halides is 1. The van der Waals surface area contributed by atoms with E-state index in [9.17, 15) is 0 Å². The zero-order valence-electron chi connectivity index (χ0n) is 7.38. The highest BCUT2D eigenvalue weighted by Gasteiger charge is 2.01. The molecule has 0 N–H and O–H groups in total. The summed E-state index contributed by atoms with van der Waals surface area (Å²) < 4.78 is 5.20. The number of hydrogen-bond donors (Lipinski definition) is 0. The number of rotatable bonds is 3. The quantitative estimate of drug-likeness (QED) is 0.722. The van der Waals surface area contributed by atoms with Crippen molar-refractivity contribution < 1.29 is 4.74 Å². The van der Waals surface area contributed by atoms with Gasteiger partial charge in [-0.05, 0) is 18.1 Å². The lowest BCUT2D eigenvalue weighted by Crippen LogP contribution is -1.95. The van der Waals surface area contributed by atoms with E-state index in [1.165, 1.54) is 11.1 Å². The highest BCUT2D eigenvalue weighted by molar-refractivity contribution is 9.08. The maximum absolute atomic E-state index is 5.20. The van der Waals surface area contributed by atoms with E-state index in [4.69, 9.17) is 4.74 Å². The first-order valence-corrected chi connectivity index (χ1v) is 5.07. The predicted octanol–water partition coefficient (Wildman–Crippen LogP) is 3.29. The van der Waals surface area contributed by atoms with E-state index in [0.29, 0.717) is 0 Å². The van der Waals surface area contributed by atoms with Crippen molar-refractivity contribution >= 4 is 15.9 Å². The van der Waals surface area contributed by atoms with Crippen LogP contribution in [-0.2, 0) is 10.1 Å². The number of ether oxygens (including phenoxy) is 1. The van der Waals surface area contributed by atoms with Gasteiger partial charge in [0, 0.05) is 12.4 Å². The molecule has 0 fully saturated rings. The molecule has 1 unspecified atom stereocenters. The summed E-state index contributed by atoms with van der Waals surface area (Å²) in [7, 11) is 1.73. The molecule has 0 amide bonds. The van der Waals surface area contributed by atoms with Crippen molar-refractivity contribution in [2.75, 3.05) is 7.11 Å². The second-order valence-corrected chi connectivity index (χ2v) is 3.31. The van der Waals surface area contributed by atoms with Crippen molar-refractivity contribution in [2.24, 2.45) is 0 Å². The van der Waals surface area contributed by atoms with Gasteiger partial charge in [-0.25, -0.2) is 0 Å². The standard InChI is InChI=1S/C10H13BrO/c1-8(12-2)10-5-3-9(7-11)4-6-10/h3-6,8H,7H2,1-2H3. The Kier molecular flexibility index (Phi) is 3.76. The van der Waals surface area contributed by atoms with Gasteiger partial charge in [-0.15, -0.1) is 0 Å². The first kappa shape index (κ1) is 9.75. The van der Waals surface area contributed by atoms with E-state index >= 15 is 0 Å². The highest BCUT2D eigenvalue weighted by Crippen LogP contribution is 2.16. The van der Waals surface area contributed by atoms with Gasteiger partial charge in [0.05, 0.1) is 6.10 Å². The maximum Gasteiger partial charge on any atom is 0.0793 e. The van der Waals surface area contributed by atoms with E-state index in [1.807, 2.05) is 6.92 Å². The van der Waals surface area contributed by atoms with Crippen molar-refractivity contribution in [1.82, 2.24) is 0 Å². The van der Waals surface area contributed by atoms with E-state index in [0.717, 1.165) is 5.33 Å². The molecule has 1 aromatic rings. The first-order chi connectivity index (χ1) is 5.77. The molecule has 12 heavy (non-hydrogen) atoms. The molecule has 0 aliphatic carbocycles. The predicted molar refractivity (Wildman–Crippen MR) is 54.5 cm³/mol. The Bertz CT molecular complexity index is 230. The largest absolute Gasteiger partial charge is 0.377 e. The maximum atomic E-state index is 5.20. The molecule has 0 aliphatic heterocycles. The molecule has 1 rings (SSSR count). The molecular weight excluding hydrogens is 216 g/mol. The van der Waals surface area contributed by atoms with Crippen molar-refractivity contribution in [3.8, 4) is 0 Å². The molecular formula is C10H13BrO. The molecule has 0 spiro atoms. The van der Waals surface area contributed by atoms with Crippen LogP contribution in [0.4, 0.5) is 0 Å². The lowest BCUT2D eigenvalue weighted by molar-refractivity contribution is 0.119. The second kappa shape index (κ2) is 4.63. The number of hydrogen-bond acceptors (Lipinski definition) is 1. The molecule has 1 aromatic carbocycles. The minimum absolute atomic E-state index is 0.189. The van der Waals surface area contributed by atoms with Gasteiger partial charge in [0.25, 0.3) is 0 Å². The van der Waals surface area contributed by atoms with Crippen LogP contribution in [0, 0.1) is 0 Å². The van der Waals surface area contributed by atoms with Gasteiger partial charge in [-0.3, -0.25) is 0 Å². The Balaban J connectivity index is 2.77. The van der Waals surface area contributed by atoms with Crippen LogP contribution < -0.4 is 0 Å². The fourth-order valence-corrected chi connectivity index (χ4v) is 1.39. The summed E-state index contributed by atoms with van der Waals surface area (Å²) in [5, 5.41) is 0.911. The number of methoxy groups -OCH3 is 1. The van der Waals surface area contributed by atoms with E-state index in [-0.39, 0.29) is 6.10 Å². The molecule has 2 heteroatoms. The third-order valence-electron chi connectivity index (χ3n) is 1.96. The van der Waals surface area contributed by atoms with Gasteiger partial charge >= 0.3 is 0 Å². The second-order valence-electron chi connectivity index (χ2n) is 2.75. The number of halogens is 1.